The number of nitrogens with zero attached hydrogens (tertiary/aromatic N) is 3. The highest BCUT2D eigenvalue weighted by atomic mass is 16.4. The zero-order valence-electron chi connectivity index (χ0n) is 9.26. The molecule has 0 spiro atoms. The Morgan fingerprint density at radius 2 is 2.56 bits per heavy atom. The molecule has 0 aliphatic carbocycles. The van der Waals surface area contributed by atoms with Crippen LogP contribution in [0.2, 0.25) is 0 Å². The predicted molar refractivity (Wildman–Crippen MR) is 59.3 cm³/mol. The van der Waals surface area contributed by atoms with Crippen LogP contribution in [-0.4, -0.2) is 38.7 Å². The molecule has 88 valence electrons. The first kappa shape index (κ1) is 12.4. The van der Waals surface area contributed by atoms with Crippen LogP contribution in [-0.2, 0) is 6.54 Å². The molecule has 0 bridgehead atoms. The van der Waals surface area contributed by atoms with Gasteiger partial charge in [-0.3, -0.25) is 4.68 Å². The van der Waals surface area contributed by atoms with Crippen molar-refractivity contribution in [3.8, 4) is 0 Å². The minimum absolute atomic E-state index is 0.0286. The second kappa shape index (κ2) is 6.02. The highest BCUT2D eigenvalue weighted by Crippen LogP contribution is 1.93. The van der Waals surface area contributed by atoms with Gasteiger partial charge in [-0.25, -0.2) is 4.79 Å². The van der Waals surface area contributed by atoms with Gasteiger partial charge in [0, 0.05) is 12.6 Å². The van der Waals surface area contributed by atoms with E-state index in [-0.39, 0.29) is 5.69 Å². The Hall–Kier alpha value is -1.69. The summed E-state index contributed by atoms with van der Waals surface area (Å²) < 4.78 is 1.51. The lowest BCUT2D eigenvalue weighted by Crippen LogP contribution is -2.29. The summed E-state index contributed by atoms with van der Waals surface area (Å²) >= 11 is 0. The third-order valence-electron chi connectivity index (χ3n) is 2.11. The molecule has 1 heterocycles. The summed E-state index contributed by atoms with van der Waals surface area (Å²) in [6.45, 7) is 7.04. The fourth-order valence-corrected chi connectivity index (χ4v) is 1.26. The maximum Gasteiger partial charge on any atom is 0.358 e. The van der Waals surface area contributed by atoms with Gasteiger partial charge in [-0.1, -0.05) is 11.3 Å². The number of carbonyl (C=O) groups is 1. The summed E-state index contributed by atoms with van der Waals surface area (Å²) in [5.74, 6) is -1.06. The Bertz CT molecular complexity index is 361. The molecule has 16 heavy (non-hydrogen) atoms. The Labute approximate surface area is 94.0 Å². The second-order valence-corrected chi connectivity index (χ2v) is 3.55. The quantitative estimate of drug-likeness (QED) is 0.660. The Morgan fingerprint density at radius 3 is 3.12 bits per heavy atom. The van der Waals surface area contributed by atoms with Gasteiger partial charge in [0.2, 0.25) is 0 Å². The first-order valence-electron chi connectivity index (χ1n) is 5.11. The van der Waals surface area contributed by atoms with Gasteiger partial charge in [0.05, 0.1) is 12.7 Å². The number of rotatable bonds is 7. The monoisotopic (exact) mass is 224 g/mol. The number of hydrogen-bond acceptors (Lipinski definition) is 4. The van der Waals surface area contributed by atoms with Crippen molar-refractivity contribution in [2.24, 2.45) is 0 Å². The third kappa shape index (κ3) is 3.82. The smallest absolute Gasteiger partial charge is 0.358 e. The average Bonchev–Trinajstić information content (AvgIpc) is 2.67. The maximum atomic E-state index is 10.5. The Morgan fingerprint density at radius 1 is 1.81 bits per heavy atom. The summed E-state index contributed by atoms with van der Waals surface area (Å²) in [6.07, 6.45) is 4.18. The van der Waals surface area contributed by atoms with Crippen LogP contribution in [0.25, 0.3) is 0 Å². The van der Waals surface area contributed by atoms with Crippen LogP contribution >= 0.6 is 0 Å². The molecule has 0 fully saturated rings. The third-order valence-corrected chi connectivity index (χ3v) is 2.11. The van der Waals surface area contributed by atoms with E-state index in [1.165, 1.54) is 10.9 Å². The molecule has 6 heteroatoms. The lowest BCUT2D eigenvalue weighted by molar-refractivity contribution is 0.0690. The van der Waals surface area contributed by atoms with Crippen molar-refractivity contribution in [3.63, 3.8) is 0 Å². The van der Waals surface area contributed by atoms with Crippen molar-refractivity contribution in [2.75, 3.05) is 6.54 Å². The molecular formula is C10H16N4O2. The molecule has 1 rings (SSSR count). The molecule has 6 nitrogen and oxygen atoms in total. The lowest BCUT2D eigenvalue weighted by Gasteiger charge is -2.10. The van der Waals surface area contributed by atoms with Gasteiger partial charge in [-0.15, -0.1) is 11.7 Å². The molecule has 0 aromatic carbocycles. The van der Waals surface area contributed by atoms with E-state index in [2.05, 4.69) is 29.1 Å². The van der Waals surface area contributed by atoms with E-state index in [1.54, 1.807) is 0 Å². The van der Waals surface area contributed by atoms with Gasteiger partial charge in [0.15, 0.2) is 5.69 Å². The highest BCUT2D eigenvalue weighted by molar-refractivity contribution is 5.84. The zero-order chi connectivity index (χ0) is 12.0. The first-order chi connectivity index (χ1) is 7.63. The van der Waals surface area contributed by atoms with Gasteiger partial charge in [-0.05, 0) is 13.3 Å². The fraction of sp³-hybridized carbons (Fsp3) is 0.500. The molecule has 2 N–H and O–H groups in total. The van der Waals surface area contributed by atoms with Crippen LogP contribution in [0, 0.1) is 0 Å². The van der Waals surface area contributed by atoms with Crippen LogP contribution in [0.4, 0.5) is 0 Å². The van der Waals surface area contributed by atoms with Crippen LogP contribution in [0.15, 0.2) is 18.9 Å². The van der Waals surface area contributed by atoms with Gasteiger partial charge < -0.3 is 10.4 Å². The summed E-state index contributed by atoms with van der Waals surface area (Å²) in [6, 6.07) is 0.361. The molecule has 0 aliphatic heterocycles. The van der Waals surface area contributed by atoms with Gasteiger partial charge in [-0.2, -0.15) is 0 Å². The molecule has 0 amide bonds. The number of aromatic carboxylic acids is 1. The first-order valence-corrected chi connectivity index (χ1v) is 5.11. The summed E-state index contributed by atoms with van der Waals surface area (Å²) in [5, 5.41) is 19.1. The SMILES string of the molecule is C=CCC(C)NCCn1cc(C(=O)O)nn1. The summed E-state index contributed by atoms with van der Waals surface area (Å²) in [4.78, 5) is 10.5. The minimum atomic E-state index is -1.06. The van der Waals surface area contributed by atoms with E-state index in [0.717, 1.165) is 13.0 Å². The van der Waals surface area contributed by atoms with E-state index in [9.17, 15) is 4.79 Å². The maximum absolute atomic E-state index is 10.5. The fourth-order valence-electron chi connectivity index (χ4n) is 1.26. The molecule has 0 radical (unpaired) electrons. The standard InChI is InChI=1S/C10H16N4O2/c1-3-4-8(2)11-5-6-14-7-9(10(15)16)12-13-14/h3,7-8,11H,1,4-6H2,2H3,(H,15,16). The van der Waals surface area contributed by atoms with Gasteiger partial charge in [0.25, 0.3) is 0 Å². The van der Waals surface area contributed by atoms with Crippen LogP contribution in [0.1, 0.15) is 23.8 Å². The normalized spacial score (nSPS) is 12.3. The van der Waals surface area contributed by atoms with E-state index in [0.29, 0.717) is 12.6 Å². The van der Waals surface area contributed by atoms with Crippen molar-refractivity contribution in [1.29, 1.82) is 0 Å². The van der Waals surface area contributed by atoms with E-state index < -0.39 is 5.97 Å². The molecule has 0 saturated heterocycles. The van der Waals surface area contributed by atoms with Crippen LogP contribution in [0.3, 0.4) is 0 Å². The van der Waals surface area contributed by atoms with Crippen molar-refractivity contribution in [3.05, 3.63) is 24.5 Å². The molecule has 1 aromatic rings. The Kier molecular flexibility index (Phi) is 4.65. The number of nitrogens with one attached hydrogen (secondary N) is 1. The molecular weight excluding hydrogens is 208 g/mol. The van der Waals surface area contributed by atoms with Crippen molar-refractivity contribution >= 4 is 5.97 Å². The van der Waals surface area contributed by atoms with Crippen molar-refractivity contribution < 1.29 is 9.90 Å². The lowest BCUT2D eigenvalue weighted by atomic mass is 10.2. The number of aromatic nitrogens is 3. The minimum Gasteiger partial charge on any atom is -0.476 e. The highest BCUT2D eigenvalue weighted by Gasteiger charge is 2.07. The Balaban J connectivity index is 2.31. The summed E-state index contributed by atoms with van der Waals surface area (Å²) in [7, 11) is 0. The van der Waals surface area contributed by atoms with Crippen LogP contribution in [0.5, 0.6) is 0 Å². The number of hydrogen-bond donors (Lipinski definition) is 2. The van der Waals surface area contributed by atoms with Gasteiger partial charge >= 0.3 is 5.97 Å². The van der Waals surface area contributed by atoms with Crippen LogP contribution < -0.4 is 5.32 Å². The van der Waals surface area contributed by atoms with Crippen molar-refractivity contribution in [1.82, 2.24) is 20.3 Å². The topological polar surface area (TPSA) is 80.0 Å². The predicted octanol–water partition coefficient (Wildman–Crippen LogP) is 0.530. The van der Waals surface area contributed by atoms with E-state index in [1.807, 2.05) is 6.08 Å². The average molecular weight is 224 g/mol. The van der Waals surface area contributed by atoms with E-state index in [4.69, 9.17) is 5.11 Å². The van der Waals surface area contributed by atoms with Gasteiger partial charge in [0.1, 0.15) is 0 Å². The molecule has 0 saturated carbocycles. The molecule has 0 aliphatic rings. The second-order valence-electron chi connectivity index (χ2n) is 3.55. The van der Waals surface area contributed by atoms with Crippen molar-refractivity contribution in [2.45, 2.75) is 25.9 Å². The zero-order valence-corrected chi connectivity index (χ0v) is 9.26. The number of carboxylic acid groups (broad SMARTS) is 1. The van der Waals surface area contributed by atoms with E-state index >= 15 is 0 Å². The molecule has 1 atom stereocenters. The molecule has 1 aromatic heterocycles. The largest absolute Gasteiger partial charge is 0.476 e. The number of carboxylic acids is 1. The molecule has 1 unspecified atom stereocenters. The summed E-state index contributed by atoms with van der Waals surface area (Å²) in [5.41, 5.74) is -0.0286.